The summed E-state index contributed by atoms with van der Waals surface area (Å²) in [5.74, 6) is -3.32. The summed E-state index contributed by atoms with van der Waals surface area (Å²) in [6, 6.07) is 1.98. The van der Waals surface area contributed by atoms with Gasteiger partial charge in [-0.1, -0.05) is 6.07 Å². The zero-order valence-electron chi connectivity index (χ0n) is 10.5. The van der Waals surface area contributed by atoms with Crippen LogP contribution in [-0.4, -0.2) is 29.2 Å². The number of nitrogens with one attached hydrogen (secondary N) is 2. The van der Waals surface area contributed by atoms with Crippen LogP contribution in [0.15, 0.2) is 18.2 Å². The fourth-order valence-electron chi connectivity index (χ4n) is 1.26. The Morgan fingerprint density at radius 2 is 1.79 bits per heavy atom. The predicted molar refractivity (Wildman–Crippen MR) is 63.5 cm³/mol. The van der Waals surface area contributed by atoms with Crippen molar-refractivity contribution in [3.8, 4) is 0 Å². The predicted octanol–water partition coefficient (Wildman–Crippen LogP) is 1.18. The van der Waals surface area contributed by atoms with Crippen LogP contribution in [0.1, 0.15) is 24.2 Å². The van der Waals surface area contributed by atoms with E-state index < -0.39 is 34.7 Å². The molecular formula is C12H14F2N2O3. The molecule has 1 aromatic rings. The summed E-state index contributed by atoms with van der Waals surface area (Å²) in [4.78, 5) is 23.0. The molecule has 5 nitrogen and oxygen atoms in total. The van der Waals surface area contributed by atoms with Crippen LogP contribution in [0.2, 0.25) is 0 Å². The van der Waals surface area contributed by atoms with E-state index in [2.05, 4.69) is 5.32 Å². The highest BCUT2D eigenvalue weighted by Gasteiger charge is 2.23. The van der Waals surface area contributed by atoms with Gasteiger partial charge in [-0.3, -0.25) is 10.1 Å². The van der Waals surface area contributed by atoms with E-state index >= 15 is 0 Å². The molecule has 7 heteroatoms. The van der Waals surface area contributed by atoms with Gasteiger partial charge in [0.25, 0.3) is 5.91 Å². The van der Waals surface area contributed by atoms with Crippen LogP contribution in [0.4, 0.5) is 13.6 Å². The molecule has 0 aliphatic carbocycles. The SMILES string of the molecule is CC(C)(CO)NC(=O)NC(=O)c1c(F)cccc1F. The quantitative estimate of drug-likeness (QED) is 0.773. The minimum Gasteiger partial charge on any atom is -0.394 e. The third-order valence-corrected chi connectivity index (χ3v) is 2.26. The van der Waals surface area contributed by atoms with E-state index in [1.165, 1.54) is 13.8 Å². The molecule has 0 aromatic heterocycles. The molecule has 0 saturated heterocycles. The molecule has 0 radical (unpaired) electrons. The Hall–Kier alpha value is -2.02. The summed E-state index contributed by atoms with van der Waals surface area (Å²) in [5.41, 5.74) is -1.79. The van der Waals surface area contributed by atoms with Gasteiger partial charge in [-0.05, 0) is 26.0 Å². The van der Waals surface area contributed by atoms with Gasteiger partial charge in [0.1, 0.15) is 17.2 Å². The number of rotatable bonds is 3. The number of urea groups is 1. The van der Waals surface area contributed by atoms with Gasteiger partial charge in [-0.2, -0.15) is 0 Å². The number of carbonyl (C=O) groups excluding carboxylic acids is 2. The molecule has 104 valence electrons. The van der Waals surface area contributed by atoms with E-state index in [1.807, 2.05) is 0 Å². The van der Waals surface area contributed by atoms with Crippen LogP contribution in [0.25, 0.3) is 0 Å². The largest absolute Gasteiger partial charge is 0.394 e. The van der Waals surface area contributed by atoms with Gasteiger partial charge in [0.2, 0.25) is 0 Å². The molecule has 0 atom stereocenters. The minimum atomic E-state index is -1.19. The van der Waals surface area contributed by atoms with Crippen molar-refractivity contribution in [3.63, 3.8) is 0 Å². The summed E-state index contributed by atoms with van der Waals surface area (Å²) in [7, 11) is 0. The van der Waals surface area contributed by atoms with Crippen molar-refractivity contribution in [1.82, 2.24) is 10.6 Å². The normalized spacial score (nSPS) is 11.0. The highest BCUT2D eigenvalue weighted by molar-refractivity contribution is 6.04. The third-order valence-electron chi connectivity index (χ3n) is 2.26. The number of imide groups is 1. The first-order chi connectivity index (χ1) is 8.76. The number of benzene rings is 1. The van der Waals surface area contributed by atoms with Gasteiger partial charge < -0.3 is 10.4 Å². The maximum absolute atomic E-state index is 13.3. The van der Waals surface area contributed by atoms with E-state index in [-0.39, 0.29) is 6.61 Å². The fraction of sp³-hybridized carbons (Fsp3) is 0.333. The molecular weight excluding hydrogens is 258 g/mol. The summed E-state index contributed by atoms with van der Waals surface area (Å²) < 4.78 is 26.6. The Balaban J connectivity index is 2.78. The molecule has 0 heterocycles. The number of carbonyl (C=O) groups is 2. The third kappa shape index (κ3) is 3.99. The van der Waals surface area contributed by atoms with Crippen LogP contribution in [0.5, 0.6) is 0 Å². The zero-order valence-corrected chi connectivity index (χ0v) is 10.5. The first kappa shape index (κ1) is 15.0. The Labute approximate surface area is 108 Å². The Morgan fingerprint density at radius 1 is 1.26 bits per heavy atom. The summed E-state index contributed by atoms with van der Waals surface area (Å²) in [6.07, 6.45) is 0. The van der Waals surface area contributed by atoms with Crippen molar-refractivity contribution in [2.75, 3.05) is 6.61 Å². The lowest BCUT2D eigenvalue weighted by molar-refractivity contribution is 0.0951. The molecule has 0 aliphatic rings. The van der Waals surface area contributed by atoms with Gasteiger partial charge in [0, 0.05) is 0 Å². The standard InChI is InChI=1S/C12H14F2N2O3/c1-12(2,6-17)16-11(19)15-10(18)9-7(13)4-3-5-8(9)14/h3-5,17H,6H2,1-2H3,(H2,15,16,18,19). The van der Waals surface area contributed by atoms with Crippen molar-refractivity contribution in [1.29, 1.82) is 0 Å². The molecule has 0 spiro atoms. The minimum absolute atomic E-state index is 0.358. The van der Waals surface area contributed by atoms with Crippen molar-refractivity contribution in [3.05, 3.63) is 35.4 Å². The van der Waals surface area contributed by atoms with Gasteiger partial charge in [0.05, 0.1) is 12.1 Å². The van der Waals surface area contributed by atoms with Crippen LogP contribution in [0, 0.1) is 11.6 Å². The van der Waals surface area contributed by atoms with Crippen molar-refractivity contribution < 1.29 is 23.5 Å². The van der Waals surface area contributed by atoms with Gasteiger partial charge in [-0.15, -0.1) is 0 Å². The van der Waals surface area contributed by atoms with Crippen LogP contribution in [-0.2, 0) is 0 Å². The highest BCUT2D eigenvalue weighted by atomic mass is 19.1. The molecule has 1 aromatic carbocycles. The van der Waals surface area contributed by atoms with Gasteiger partial charge in [-0.25, -0.2) is 13.6 Å². The van der Waals surface area contributed by atoms with E-state index in [4.69, 9.17) is 5.11 Å². The number of halogens is 2. The second-order valence-electron chi connectivity index (χ2n) is 4.55. The Morgan fingerprint density at radius 3 is 2.26 bits per heavy atom. The maximum Gasteiger partial charge on any atom is 0.322 e. The molecule has 0 bridgehead atoms. The highest BCUT2D eigenvalue weighted by Crippen LogP contribution is 2.11. The molecule has 0 saturated carbocycles. The molecule has 19 heavy (non-hydrogen) atoms. The van der Waals surface area contributed by atoms with E-state index in [9.17, 15) is 18.4 Å². The second kappa shape index (κ2) is 5.75. The van der Waals surface area contributed by atoms with E-state index in [0.29, 0.717) is 0 Å². The number of hydrogen-bond acceptors (Lipinski definition) is 3. The van der Waals surface area contributed by atoms with Crippen LogP contribution < -0.4 is 10.6 Å². The molecule has 0 aliphatic heterocycles. The lowest BCUT2D eigenvalue weighted by Gasteiger charge is -2.23. The summed E-state index contributed by atoms with van der Waals surface area (Å²) in [6.45, 7) is 2.67. The van der Waals surface area contributed by atoms with Crippen molar-refractivity contribution in [2.24, 2.45) is 0 Å². The zero-order chi connectivity index (χ0) is 14.6. The average Bonchev–Trinajstić information content (AvgIpc) is 2.27. The topological polar surface area (TPSA) is 78.4 Å². The smallest absolute Gasteiger partial charge is 0.322 e. The van der Waals surface area contributed by atoms with E-state index in [1.54, 1.807) is 5.32 Å². The Bertz CT molecular complexity index is 483. The number of hydrogen-bond donors (Lipinski definition) is 3. The summed E-state index contributed by atoms with van der Waals surface area (Å²) >= 11 is 0. The van der Waals surface area contributed by atoms with Gasteiger partial charge in [0.15, 0.2) is 0 Å². The molecule has 3 N–H and O–H groups in total. The number of aliphatic hydroxyl groups is 1. The van der Waals surface area contributed by atoms with Crippen LogP contribution >= 0.6 is 0 Å². The van der Waals surface area contributed by atoms with Gasteiger partial charge >= 0.3 is 6.03 Å². The molecule has 3 amide bonds. The molecule has 0 unspecified atom stereocenters. The second-order valence-corrected chi connectivity index (χ2v) is 4.55. The molecule has 1 rings (SSSR count). The first-order valence-electron chi connectivity index (χ1n) is 5.45. The van der Waals surface area contributed by atoms with Crippen molar-refractivity contribution >= 4 is 11.9 Å². The average molecular weight is 272 g/mol. The molecule has 0 fully saturated rings. The van der Waals surface area contributed by atoms with Crippen molar-refractivity contribution in [2.45, 2.75) is 19.4 Å². The fourth-order valence-corrected chi connectivity index (χ4v) is 1.26. The Kier molecular flexibility index (Phi) is 4.55. The lowest BCUT2D eigenvalue weighted by Crippen LogP contribution is -2.52. The first-order valence-corrected chi connectivity index (χ1v) is 5.45. The lowest BCUT2D eigenvalue weighted by atomic mass is 10.1. The van der Waals surface area contributed by atoms with Crippen LogP contribution in [0.3, 0.4) is 0 Å². The van der Waals surface area contributed by atoms with E-state index in [0.717, 1.165) is 18.2 Å². The monoisotopic (exact) mass is 272 g/mol. The number of amides is 3. The summed E-state index contributed by atoms with van der Waals surface area (Å²) in [5, 5.41) is 13.0. The maximum atomic E-state index is 13.3. The number of aliphatic hydroxyl groups excluding tert-OH is 1.